The van der Waals surface area contributed by atoms with Gasteiger partial charge in [-0.05, 0) is 12.6 Å². The molecule has 0 saturated carbocycles. The van der Waals surface area contributed by atoms with Gasteiger partial charge in [0.25, 0.3) is 0 Å². The summed E-state index contributed by atoms with van der Waals surface area (Å²) in [4.78, 5) is 11.5. The normalized spacial score (nSPS) is 11.5. The lowest BCUT2D eigenvalue weighted by Crippen LogP contribution is -2.24. The third kappa shape index (κ3) is 3.06. The second-order valence-corrected chi connectivity index (χ2v) is 3.25. The summed E-state index contributed by atoms with van der Waals surface area (Å²) in [5.41, 5.74) is -1.16. The lowest BCUT2D eigenvalue weighted by Gasteiger charge is -2.11. The molecule has 0 bridgehead atoms. The van der Waals surface area contributed by atoms with E-state index in [1.165, 1.54) is 18.2 Å². The van der Waals surface area contributed by atoms with E-state index in [1.54, 1.807) is 6.92 Å². The van der Waals surface area contributed by atoms with Gasteiger partial charge in [-0.2, -0.15) is 13.2 Å². The average Bonchev–Trinajstić information content (AvgIpc) is 2.24. The molecule has 0 heterocycles. The minimum Gasteiger partial charge on any atom is -0.310 e. The van der Waals surface area contributed by atoms with Gasteiger partial charge in [-0.3, -0.25) is 4.79 Å². The lowest BCUT2D eigenvalue weighted by molar-refractivity contribution is -0.137. The third-order valence-corrected chi connectivity index (χ3v) is 2.07. The van der Waals surface area contributed by atoms with Crippen LogP contribution in [-0.2, 0) is 6.18 Å². The van der Waals surface area contributed by atoms with Gasteiger partial charge in [-0.1, -0.05) is 25.1 Å². The average molecular weight is 231 g/mol. The molecule has 16 heavy (non-hydrogen) atoms. The number of carbonyl (C=O) groups is 1. The van der Waals surface area contributed by atoms with Gasteiger partial charge >= 0.3 is 6.18 Å². The zero-order valence-corrected chi connectivity index (χ0v) is 8.77. The number of ketones is 1. The van der Waals surface area contributed by atoms with E-state index in [-0.39, 0.29) is 12.1 Å². The van der Waals surface area contributed by atoms with Crippen molar-refractivity contribution >= 4 is 5.78 Å². The van der Waals surface area contributed by atoms with Crippen molar-refractivity contribution in [1.29, 1.82) is 0 Å². The molecule has 5 heteroatoms. The molecule has 0 fully saturated rings. The molecule has 0 aliphatic carbocycles. The Morgan fingerprint density at radius 3 is 2.50 bits per heavy atom. The topological polar surface area (TPSA) is 29.1 Å². The summed E-state index contributed by atoms with van der Waals surface area (Å²) < 4.78 is 37.7. The van der Waals surface area contributed by atoms with E-state index >= 15 is 0 Å². The van der Waals surface area contributed by atoms with Crippen molar-refractivity contribution in [2.75, 3.05) is 13.1 Å². The van der Waals surface area contributed by atoms with Crippen LogP contribution in [-0.4, -0.2) is 18.9 Å². The third-order valence-electron chi connectivity index (χ3n) is 2.07. The Labute approximate surface area is 91.5 Å². The molecule has 88 valence electrons. The number of carbonyl (C=O) groups excluding carboxylic acids is 1. The highest BCUT2D eigenvalue weighted by atomic mass is 19.4. The molecule has 1 rings (SSSR count). The van der Waals surface area contributed by atoms with Crippen LogP contribution in [0.2, 0.25) is 0 Å². The Morgan fingerprint density at radius 1 is 1.31 bits per heavy atom. The first-order chi connectivity index (χ1) is 7.46. The summed E-state index contributed by atoms with van der Waals surface area (Å²) >= 11 is 0. The van der Waals surface area contributed by atoms with E-state index < -0.39 is 17.5 Å². The number of nitrogens with one attached hydrogen (secondary N) is 1. The van der Waals surface area contributed by atoms with E-state index in [0.29, 0.717) is 6.54 Å². The Bertz CT molecular complexity index is 374. The Hall–Kier alpha value is -1.36. The predicted molar refractivity (Wildman–Crippen MR) is 54.3 cm³/mol. The summed E-state index contributed by atoms with van der Waals surface area (Å²) in [5, 5.41) is 2.71. The Morgan fingerprint density at radius 2 is 1.94 bits per heavy atom. The van der Waals surface area contributed by atoms with Crippen LogP contribution in [0.25, 0.3) is 0 Å². The van der Waals surface area contributed by atoms with E-state index in [1.807, 2.05) is 0 Å². The molecule has 0 aliphatic heterocycles. The van der Waals surface area contributed by atoms with Crippen LogP contribution in [0.3, 0.4) is 0 Å². The molecule has 1 aromatic carbocycles. The molecular weight excluding hydrogens is 219 g/mol. The van der Waals surface area contributed by atoms with Crippen LogP contribution < -0.4 is 5.32 Å². The Balaban J connectivity index is 3.00. The molecule has 0 saturated heterocycles. The number of likely N-dealkylation sites (N-methyl/N-ethyl adjacent to an activating group) is 1. The first-order valence-corrected chi connectivity index (χ1v) is 4.87. The number of hydrogen-bond donors (Lipinski definition) is 1. The van der Waals surface area contributed by atoms with Crippen molar-refractivity contribution in [1.82, 2.24) is 5.32 Å². The fourth-order valence-corrected chi connectivity index (χ4v) is 1.31. The summed E-state index contributed by atoms with van der Waals surface area (Å²) in [6, 6.07) is 4.81. The standard InChI is InChI=1S/C11H12F3NO/c1-2-15-7-10(16)8-5-3-4-6-9(8)11(12,13)14/h3-6,15H,2,7H2,1H3. The lowest BCUT2D eigenvalue weighted by atomic mass is 10.0. The molecule has 2 nitrogen and oxygen atoms in total. The largest absolute Gasteiger partial charge is 0.417 e. The van der Waals surface area contributed by atoms with Crippen LogP contribution in [0.4, 0.5) is 13.2 Å². The molecule has 1 aromatic rings. The molecule has 0 aliphatic rings. The molecular formula is C11H12F3NO. The minimum atomic E-state index is -4.49. The van der Waals surface area contributed by atoms with Gasteiger partial charge in [-0.25, -0.2) is 0 Å². The van der Waals surface area contributed by atoms with E-state index in [0.717, 1.165) is 6.07 Å². The SMILES string of the molecule is CCNCC(=O)c1ccccc1C(F)(F)F. The van der Waals surface area contributed by atoms with Crippen molar-refractivity contribution in [2.45, 2.75) is 13.1 Å². The summed E-state index contributed by atoms with van der Waals surface area (Å²) in [6.07, 6.45) is -4.49. The highest BCUT2D eigenvalue weighted by Gasteiger charge is 2.34. The molecule has 0 amide bonds. The number of benzene rings is 1. The summed E-state index contributed by atoms with van der Waals surface area (Å²) in [7, 11) is 0. The van der Waals surface area contributed by atoms with Crippen LogP contribution in [0, 0.1) is 0 Å². The maximum absolute atomic E-state index is 12.6. The maximum Gasteiger partial charge on any atom is 0.417 e. The highest BCUT2D eigenvalue weighted by molar-refractivity contribution is 5.99. The van der Waals surface area contributed by atoms with Gasteiger partial charge in [0.1, 0.15) is 0 Å². The van der Waals surface area contributed by atoms with Crippen LogP contribution in [0.15, 0.2) is 24.3 Å². The molecule has 0 aromatic heterocycles. The van der Waals surface area contributed by atoms with Crippen molar-refractivity contribution in [3.8, 4) is 0 Å². The van der Waals surface area contributed by atoms with Crippen molar-refractivity contribution < 1.29 is 18.0 Å². The monoisotopic (exact) mass is 231 g/mol. The highest BCUT2D eigenvalue weighted by Crippen LogP contribution is 2.31. The van der Waals surface area contributed by atoms with Crippen LogP contribution in [0.1, 0.15) is 22.8 Å². The molecule has 0 spiro atoms. The first-order valence-electron chi connectivity index (χ1n) is 4.87. The number of alkyl halides is 3. The van der Waals surface area contributed by atoms with Gasteiger partial charge in [-0.15, -0.1) is 0 Å². The van der Waals surface area contributed by atoms with E-state index in [9.17, 15) is 18.0 Å². The van der Waals surface area contributed by atoms with E-state index in [2.05, 4.69) is 5.32 Å². The Kier molecular flexibility index (Phi) is 4.06. The number of halogens is 3. The minimum absolute atomic E-state index is 0.0798. The maximum atomic E-state index is 12.6. The van der Waals surface area contributed by atoms with Crippen molar-refractivity contribution in [2.24, 2.45) is 0 Å². The molecule has 0 radical (unpaired) electrons. The summed E-state index contributed by atoms with van der Waals surface area (Å²) in [6.45, 7) is 2.24. The zero-order valence-electron chi connectivity index (χ0n) is 8.77. The van der Waals surface area contributed by atoms with Gasteiger partial charge in [0.15, 0.2) is 5.78 Å². The fraction of sp³-hybridized carbons (Fsp3) is 0.364. The number of hydrogen-bond acceptors (Lipinski definition) is 2. The van der Waals surface area contributed by atoms with E-state index in [4.69, 9.17) is 0 Å². The van der Waals surface area contributed by atoms with Gasteiger partial charge < -0.3 is 5.32 Å². The van der Waals surface area contributed by atoms with Crippen LogP contribution >= 0.6 is 0 Å². The molecule has 1 N–H and O–H groups in total. The van der Waals surface area contributed by atoms with Gasteiger partial charge in [0.05, 0.1) is 12.1 Å². The molecule has 0 atom stereocenters. The smallest absolute Gasteiger partial charge is 0.310 e. The van der Waals surface area contributed by atoms with Crippen molar-refractivity contribution in [3.63, 3.8) is 0 Å². The first kappa shape index (κ1) is 12.7. The molecule has 0 unspecified atom stereocenters. The zero-order chi connectivity index (χ0) is 12.2. The number of Topliss-reactive ketones (excluding diaryl/α,β-unsaturated/α-hetero) is 1. The van der Waals surface area contributed by atoms with Crippen LogP contribution in [0.5, 0.6) is 0 Å². The van der Waals surface area contributed by atoms with Crippen molar-refractivity contribution in [3.05, 3.63) is 35.4 Å². The summed E-state index contributed by atoms with van der Waals surface area (Å²) in [5.74, 6) is -0.547. The quantitative estimate of drug-likeness (QED) is 0.806. The second-order valence-electron chi connectivity index (χ2n) is 3.25. The fourth-order valence-electron chi connectivity index (χ4n) is 1.31. The predicted octanol–water partition coefficient (Wildman–Crippen LogP) is 2.50. The van der Waals surface area contributed by atoms with Gasteiger partial charge in [0.2, 0.25) is 0 Å². The van der Waals surface area contributed by atoms with Gasteiger partial charge in [0, 0.05) is 5.56 Å². The second kappa shape index (κ2) is 5.12. The number of rotatable bonds is 4.